The molecular weight excluding hydrogens is 384 g/mol. The normalized spacial score (nSPS) is 10.4. The van der Waals surface area contributed by atoms with E-state index in [-0.39, 0.29) is 22.3 Å². The standard InChI is InChI=1S/C16H10Cl2FN5O2/c17-12-6-5-11(7-13(12)18)23-16-14(24(25)26)15(20-8-21-16)22-10-3-1-9(19)2-4-10/h1-8H,(H2,20,21,22,23). The second-order valence-corrected chi connectivity index (χ2v) is 5.88. The van der Waals surface area contributed by atoms with Crippen LogP contribution in [-0.4, -0.2) is 14.9 Å². The van der Waals surface area contributed by atoms with E-state index < -0.39 is 10.7 Å². The number of anilines is 4. The van der Waals surface area contributed by atoms with Gasteiger partial charge in [0.05, 0.1) is 15.0 Å². The quantitative estimate of drug-likeness (QED) is 0.450. The molecule has 0 bridgehead atoms. The maximum Gasteiger partial charge on any atom is 0.353 e. The summed E-state index contributed by atoms with van der Waals surface area (Å²) in [7, 11) is 0. The van der Waals surface area contributed by atoms with Crippen molar-refractivity contribution in [1.82, 2.24) is 9.97 Å². The summed E-state index contributed by atoms with van der Waals surface area (Å²) in [4.78, 5) is 18.7. The Morgan fingerprint density at radius 3 is 2.08 bits per heavy atom. The molecule has 10 heteroatoms. The summed E-state index contributed by atoms with van der Waals surface area (Å²) in [6, 6.07) is 10.0. The molecule has 0 saturated heterocycles. The van der Waals surface area contributed by atoms with Crippen molar-refractivity contribution >= 4 is 51.9 Å². The predicted octanol–water partition coefficient (Wildman–Crippen LogP) is 5.32. The molecule has 0 spiro atoms. The van der Waals surface area contributed by atoms with E-state index in [1.165, 1.54) is 36.7 Å². The third kappa shape index (κ3) is 3.98. The number of halogens is 3. The van der Waals surface area contributed by atoms with Gasteiger partial charge >= 0.3 is 5.69 Å². The largest absolute Gasteiger partial charge is 0.353 e. The Bertz CT molecular complexity index is 969. The van der Waals surface area contributed by atoms with Crippen molar-refractivity contribution in [3.05, 3.63) is 74.8 Å². The summed E-state index contributed by atoms with van der Waals surface area (Å²) in [5.74, 6) is -0.498. The highest BCUT2D eigenvalue weighted by atomic mass is 35.5. The van der Waals surface area contributed by atoms with Crippen molar-refractivity contribution < 1.29 is 9.31 Å². The van der Waals surface area contributed by atoms with Crippen LogP contribution in [0.2, 0.25) is 10.0 Å². The highest BCUT2D eigenvalue weighted by molar-refractivity contribution is 6.42. The summed E-state index contributed by atoms with van der Waals surface area (Å²) < 4.78 is 13.0. The van der Waals surface area contributed by atoms with E-state index in [2.05, 4.69) is 20.6 Å². The highest BCUT2D eigenvalue weighted by Gasteiger charge is 2.23. The number of hydrogen-bond donors (Lipinski definition) is 2. The lowest BCUT2D eigenvalue weighted by Gasteiger charge is -2.10. The Labute approximate surface area is 157 Å². The fourth-order valence-electron chi connectivity index (χ4n) is 2.12. The van der Waals surface area contributed by atoms with Gasteiger partial charge in [-0.3, -0.25) is 10.1 Å². The van der Waals surface area contributed by atoms with Crippen LogP contribution in [0.3, 0.4) is 0 Å². The highest BCUT2D eigenvalue weighted by Crippen LogP contribution is 2.34. The fraction of sp³-hybridized carbons (Fsp3) is 0. The van der Waals surface area contributed by atoms with Crippen LogP contribution in [-0.2, 0) is 0 Å². The first-order valence-corrected chi connectivity index (χ1v) is 7.93. The van der Waals surface area contributed by atoms with Gasteiger partial charge in [-0.15, -0.1) is 0 Å². The molecule has 2 N–H and O–H groups in total. The van der Waals surface area contributed by atoms with Gasteiger partial charge in [0, 0.05) is 11.4 Å². The first kappa shape index (κ1) is 17.8. The van der Waals surface area contributed by atoms with Gasteiger partial charge in [0.15, 0.2) is 0 Å². The fourth-order valence-corrected chi connectivity index (χ4v) is 2.41. The lowest BCUT2D eigenvalue weighted by Crippen LogP contribution is -2.05. The minimum Gasteiger partial charge on any atom is -0.334 e. The van der Waals surface area contributed by atoms with Crippen LogP contribution in [0.15, 0.2) is 48.8 Å². The van der Waals surface area contributed by atoms with Crippen LogP contribution in [0.25, 0.3) is 0 Å². The summed E-state index contributed by atoms with van der Waals surface area (Å²) in [6.45, 7) is 0. The number of nitrogens with zero attached hydrogens (tertiary/aromatic N) is 3. The molecule has 26 heavy (non-hydrogen) atoms. The molecule has 0 aliphatic rings. The van der Waals surface area contributed by atoms with Gasteiger partial charge in [0.1, 0.15) is 12.1 Å². The Morgan fingerprint density at radius 2 is 1.50 bits per heavy atom. The van der Waals surface area contributed by atoms with E-state index in [0.717, 1.165) is 0 Å². The van der Waals surface area contributed by atoms with Crippen LogP contribution in [0, 0.1) is 15.9 Å². The van der Waals surface area contributed by atoms with Crippen molar-refractivity contribution in [3.63, 3.8) is 0 Å². The molecule has 0 radical (unpaired) electrons. The smallest absolute Gasteiger partial charge is 0.334 e. The number of nitro groups is 1. The zero-order valence-electron chi connectivity index (χ0n) is 12.9. The number of aromatic nitrogens is 2. The molecule has 0 aliphatic carbocycles. The van der Waals surface area contributed by atoms with E-state index in [0.29, 0.717) is 16.4 Å². The van der Waals surface area contributed by atoms with Crippen molar-refractivity contribution in [3.8, 4) is 0 Å². The van der Waals surface area contributed by atoms with E-state index in [1.54, 1.807) is 12.1 Å². The maximum atomic E-state index is 13.0. The molecular formula is C16H10Cl2FN5O2. The minimum atomic E-state index is -0.619. The van der Waals surface area contributed by atoms with E-state index in [4.69, 9.17) is 23.2 Å². The minimum absolute atomic E-state index is 0.0343. The second-order valence-electron chi connectivity index (χ2n) is 5.06. The monoisotopic (exact) mass is 393 g/mol. The zero-order chi connectivity index (χ0) is 18.7. The van der Waals surface area contributed by atoms with Gasteiger partial charge in [-0.05, 0) is 42.5 Å². The van der Waals surface area contributed by atoms with Crippen molar-refractivity contribution in [2.75, 3.05) is 10.6 Å². The van der Waals surface area contributed by atoms with Crippen LogP contribution >= 0.6 is 23.2 Å². The maximum absolute atomic E-state index is 13.0. The van der Waals surface area contributed by atoms with Crippen molar-refractivity contribution in [2.45, 2.75) is 0 Å². The number of rotatable bonds is 5. The van der Waals surface area contributed by atoms with E-state index >= 15 is 0 Å². The van der Waals surface area contributed by atoms with Crippen LogP contribution < -0.4 is 10.6 Å². The summed E-state index contributed by atoms with van der Waals surface area (Å²) in [5, 5.41) is 17.8. The first-order valence-electron chi connectivity index (χ1n) is 7.18. The molecule has 1 aromatic heterocycles. The molecule has 2 aromatic carbocycles. The van der Waals surface area contributed by atoms with E-state index in [9.17, 15) is 14.5 Å². The number of hydrogen-bond acceptors (Lipinski definition) is 6. The molecule has 3 aromatic rings. The Balaban J connectivity index is 1.96. The van der Waals surface area contributed by atoms with Crippen LogP contribution in [0.4, 0.5) is 33.1 Å². The van der Waals surface area contributed by atoms with Crippen molar-refractivity contribution in [1.29, 1.82) is 0 Å². The number of nitrogens with one attached hydrogen (secondary N) is 2. The first-order chi connectivity index (χ1) is 12.4. The Kier molecular flexibility index (Phi) is 5.15. The molecule has 0 amide bonds. The van der Waals surface area contributed by atoms with E-state index in [1.807, 2.05) is 0 Å². The summed E-state index contributed by atoms with van der Waals surface area (Å²) in [5.41, 5.74) is 0.533. The molecule has 132 valence electrons. The summed E-state index contributed by atoms with van der Waals surface area (Å²) >= 11 is 11.8. The lowest BCUT2D eigenvalue weighted by molar-refractivity contribution is -0.383. The average molecular weight is 394 g/mol. The SMILES string of the molecule is O=[N+]([O-])c1c(Nc2ccc(F)cc2)ncnc1Nc1ccc(Cl)c(Cl)c1. The Morgan fingerprint density at radius 1 is 0.923 bits per heavy atom. The average Bonchev–Trinajstić information content (AvgIpc) is 2.60. The molecule has 0 atom stereocenters. The van der Waals surface area contributed by atoms with Crippen molar-refractivity contribution in [2.24, 2.45) is 0 Å². The molecule has 0 unspecified atom stereocenters. The zero-order valence-corrected chi connectivity index (χ0v) is 14.4. The van der Waals surface area contributed by atoms with Gasteiger partial charge < -0.3 is 10.6 Å². The second kappa shape index (κ2) is 7.51. The molecule has 7 nitrogen and oxygen atoms in total. The van der Waals surface area contributed by atoms with Gasteiger partial charge in [-0.2, -0.15) is 0 Å². The topological polar surface area (TPSA) is 93.0 Å². The molecule has 0 saturated carbocycles. The molecule has 3 rings (SSSR count). The van der Waals surface area contributed by atoms with Gasteiger partial charge in [-0.25, -0.2) is 14.4 Å². The molecule has 1 heterocycles. The third-order valence-electron chi connectivity index (χ3n) is 3.29. The molecule has 0 aliphatic heterocycles. The van der Waals surface area contributed by atoms with Gasteiger partial charge in [0.2, 0.25) is 11.6 Å². The Hall–Kier alpha value is -2.97. The number of benzene rings is 2. The predicted molar refractivity (Wildman–Crippen MR) is 98.1 cm³/mol. The van der Waals surface area contributed by atoms with Crippen LogP contribution in [0.1, 0.15) is 0 Å². The van der Waals surface area contributed by atoms with Gasteiger partial charge in [-0.1, -0.05) is 23.2 Å². The molecule has 0 fully saturated rings. The third-order valence-corrected chi connectivity index (χ3v) is 4.03. The van der Waals surface area contributed by atoms with Crippen LogP contribution in [0.5, 0.6) is 0 Å². The van der Waals surface area contributed by atoms with Gasteiger partial charge in [0.25, 0.3) is 0 Å². The lowest BCUT2D eigenvalue weighted by atomic mass is 10.3. The summed E-state index contributed by atoms with van der Waals surface area (Å²) in [6.07, 6.45) is 1.17.